The van der Waals surface area contributed by atoms with Gasteiger partial charge in [-0.1, -0.05) is 118 Å². The van der Waals surface area contributed by atoms with Gasteiger partial charge in [-0.2, -0.15) is 13.2 Å². The fourth-order valence-corrected chi connectivity index (χ4v) is 8.40. The van der Waals surface area contributed by atoms with Crippen LogP contribution in [0, 0.1) is 12.1 Å². The fourth-order valence-electron chi connectivity index (χ4n) is 8.40. The third kappa shape index (κ3) is 8.23. The van der Waals surface area contributed by atoms with Gasteiger partial charge in [0.1, 0.15) is 5.58 Å². The number of fused-ring (bicyclic) bond motifs is 6. The minimum atomic E-state index is -4.55. The number of para-hydroxylation sites is 2. The summed E-state index contributed by atoms with van der Waals surface area (Å²) in [5.74, 6) is 1.15. The normalized spacial score (nSPS) is 11.7. The van der Waals surface area contributed by atoms with Crippen LogP contribution < -0.4 is 0 Å². The van der Waals surface area contributed by atoms with Gasteiger partial charge < -0.3 is 18.4 Å². The van der Waals surface area contributed by atoms with Crippen LogP contribution in [-0.2, 0) is 26.3 Å². The smallest absolute Gasteiger partial charge is 0.416 e. The number of hydrogen-bond donors (Lipinski definition) is 0. The van der Waals surface area contributed by atoms with Crippen LogP contribution >= 0.6 is 0 Å². The van der Waals surface area contributed by atoms with Crippen molar-refractivity contribution < 1.29 is 42.1 Å². The average molecular weight is 1050 g/mol. The molecule has 6 nitrogen and oxygen atoms in total. The van der Waals surface area contributed by atoms with Gasteiger partial charge in [-0.25, -0.2) is 0 Å². The molecule has 0 aliphatic heterocycles. The number of nitrogens with zero attached hydrogens (tertiary/aromatic N) is 4. The summed E-state index contributed by atoms with van der Waals surface area (Å²) in [7, 11) is 0. The minimum Gasteiger partial charge on any atom is -0.500 e. The zero-order chi connectivity index (χ0) is 44.8. The van der Waals surface area contributed by atoms with Gasteiger partial charge in [0.25, 0.3) is 0 Å². The molecule has 0 saturated heterocycles. The third-order valence-corrected chi connectivity index (χ3v) is 11.5. The maximum Gasteiger partial charge on any atom is 0.416 e. The molecule has 11 rings (SSSR count). The van der Waals surface area contributed by atoms with Crippen molar-refractivity contribution in [2.45, 2.75) is 45.7 Å². The SMILES string of the molecule is CC(C)c1cc(-c2ccccc2)cc(C(C)C)c1-n1c(-c2[c-]c3oc(-c4ccccc4)nc3c3c2oc2cc(C(F)(F)F)ccc23)nc2ccccc21.[Ir].[c-]1ccccc1-c1ccccn1. The Hall–Kier alpha value is -7.13. The van der Waals surface area contributed by atoms with Crippen LogP contribution in [0.5, 0.6) is 0 Å². The van der Waals surface area contributed by atoms with Crippen molar-refractivity contribution in [2.24, 2.45) is 0 Å². The Labute approximate surface area is 393 Å². The number of pyridine rings is 1. The first-order valence-corrected chi connectivity index (χ1v) is 21.5. The van der Waals surface area contributed by atoms with Crippen LogP contribution in [-0.4, -0.2) is 19.5 Å². The summed E-state index contributed by atoms with van der Waals surface area (Å²) in [6.45, 7) is 8.74. The second-order valence-corrected chi connectivity index (χ2v) is 16.5. The van der Waals surface area contributed by atoms with E-state index in [2.05, 4.69) is 73.6 Å². The zero-order valence-electron chi connectivity index (χ0n) is 36.3. The second kappa shape index (κ2) is 18.0. The van der Waals surface area contributed by atoms with E-state index in [0.29, 0.717) is 44.7 Å². The molecule has 0 atom stereocenters. The van der Waals surface area contributed by atoms with Crippen molar-refractivity contribution in [3.63, 3.8) is 0 Å². The molecule has 4 aromatic heterocycles. The molecule has 329 valence electrons. The summed E-state index contributed by atoms with van der Waals surface area (Å²) < 4.78 is 56.9. The van der Waals surface area contributed by atoms with E-state index in [1.807, 2.05) is 115 Å². The molecule has 10 heteroatoms. The number of oxazole rings is 1. The van der Waals surface area contributed by atoms with E-state index in [-0.39, 0.29) is 37.5 Å². The number of benzene rings is 7. The molecule has 0 aliphatic carbocycles. The predicted molar refractivity (Wildman–Crippen MR) is 253 cm³/mol. The van der Waals surface area contributed by atoms with Crippen molar-refractivity contribution in [1.82, 2.24) is 19.5 Å². The van der Waals surface area contributed by atoms with Gasteiger partial charge in [-0.3, -0.25) is 9.97 Å². The van der Waals surface area contributed by atoms with E-state index in [1.54, 1.807) is 6.20 Å². The van der Waals surface area contributed by atoms with Gasteiger partial charge in [0.05, 0.1) is 33.6 Å². The Morgan fingerprint density at radius 3 is 1.97 bits per heavy atom. The van der Waals surface area contributed by atoms with Crippen LogP contribution in [0.2, 0.25) is 0 Å². The van der Waals surface area contributed by atoms with Gasteiger partial charge in [0.2, 0.25) is 5.89 Å². The van der Waals surface area contributed by atoms with Crippen molar-refractivity contribution >= 4 is 44.1 Å². The summed E-state index contributed by atoms with van der Waals surface area (Å²) in [6.07, 6.45) is -2.76. The number of halogens is 3. The number of rotatable bonds is 7. The van der Waals surface area contributed by atoms with Crippen LogP contribution in [0.3, 0.4) is 0 Å². The molecule has 0 bridgehead atoms. The number of furan rings is 1. The van der Waals surface area contributed by atoms with Crippen LogP contribution in [0.1, 0.15) is 56.2 Å². The Bertz CT molecular complexity index is 3410. The summed E-state index contributed by atoms with van der Waals surface area (Å²) in [5, 5.41) is 1.02. The Balaban J connectivity index is 0.000000365. The molecule has 0 unspecified atom stereocenters. The summed E-state index contributed by atoms with van der Waals surface area (Å²) in [5.41, 5.74) is 10.8. The Morgan fingerprint density at radius 1 is 0.652 bits per heavy atom. The summed E-state index contributed by atoms with van der Waals surface area (Å²) in [4.78, 5) is 14.3. The van der Waals surface area contributed by atoms with Crippen LogP contribution in [0.15, 0.2) is 173 Å². The molecule has 7 aromatic carbocycles. The number of alkyl halides is 3. The van der Waals surface area contributed by atoms with Gasteiger partial charge in [-0.15, -0.1) is 35.9 Å². The summed E-state index contributed by atoms with van der Waals surface area (Å²) in [6, 6.07) is 56.1. The maximum atomic E-state index is 14.0. The standard InChI is InChI=1S/C45H33F3N3O2.C11H8N.Ir/c1-25(2)32-21-29(27-13-7-5-8-14-27)22-33(26(3)4)41(32)51-36-18-12-11-17-35(36)49-43(51)34-24-38-40(50-44(53-38)28-15-9-6-10-16-28)39-31-20-19-30(45(46,47)48)23-37(31)52-42(34)39;1-2-6-10(7-3-1)11-8-4-5-9-12-11;/h5-23,25-26H,1-4H3;1-6,8-9H;/q2*-1;. The molecule has 0 saturated carbocycles. The van der Waals surface area contributed by atoms with Gasteiger partial charge in [-0.05, 0) is 99.8 Å². The molecule has 0 aliphatic rings. The fraction of sp³-hybridized carbons (Fsp3) is 0.125. The Morgan fingerprint density at radius 2 is 1.32 bits per heavy atom. The monoisotopic (exact) mass is 1050 g/mol. The molecular weight excluding hydrogens is 1010 g/mol. The molecule has 1 radical (unpaired) electrons. The maximum absolute atomic E-state index is 14.0. The van der Waals surface area contributed by atoms with E-state index in [9.17, 15) is 13.2 Å². The summed E-state index contributed by atoms with van der Waals surface area (Å²) >= 11 is 0. The second-order valence-electron chi connectivity index (χ2n) is 16.5. The zero-order valence-corrected chi connectivity index (χ0v) is 38.7. The van der Waals surface area contributed by atoms with E-state index >= 15 is 0 Å². The van der Waals surface area contributed by atoms with Gasteiger partial charge in [0, 0.05) is 48.5 Å². The first-order valence-electron chi connectivity index (χ1n) is 21.5. The van der Waals surface area contributed by atoms with Crippen molar-refractivity contribution in [2.75, 3.05) is 0 Å². The number of imidazole rings is 1. The average Bonchev–Trinajstić information content (AvgIpc) is 4.05. The van der Waals surface area contributed by atoms with Crippen LogP contribution in [0.25, 0.3) is 95.0 Å². The first-order chi connectivity index (χ1) is 31.5. The third-order valence-electron chi connectivity index (χ3n) is 11.5. The predicted octanol–water partition coefficient (Wildman–Crippen LogP) is 15.7. The quantitative estimate of drug-likeness (QED) is 0.149. The molecular formula is C56H41F3IrN4O2-2. The molecule has 0 fully saturated rings. The van der Waals surface area contributed by atoms with E-state index in [4.69, 9.17) is 18.8 Å². The first kappa shape index (κ1) is 44.1. The largest absolute Gasteiger partial charge is 0.500 e. The topological polar surface area (TPSA) is 69.9 Å². The van der Waals surface area contributed by atoms with E-state index < -0.39 is 11.7 Å². The molecule has 66 heavy (non-hydrogen) atoms. The molecule has 0 amide bonds. The van der Waals surface area contributed by atoms with Crippen molar-refractivity contribution in [3.05, 3.63) is 193 Å². The van der Waals surface area contributed by atoms with Crippen molar-refractivity contribution in [3.8, 4) is 50.9 Å². The number of aromatic nitrogens is 4. The van der Waals surface area contributed by atoms with E-state index in [1.165, 1.54) is 6.07 Å². The molecule has 11 aromatic rings. The minimum absolute atomic E-state index is 0. The van der Waals surface area contributed by atoms with Gasteiger partial charge in [0.15, 0.2) is 0 Å². The van der Waals surface area contributed by atoms with E-state index in [0.717, 1.165) is 67.9 Å². The van der Waals surface area contributed by atoms with Crippen LogP contribution in [0.4, 0.5) is 13.2 Å². The molecule has 0 N–H and O–H groups in total. The Kier molecular flexibility index (Phi) is 12.0. The van der Waals surface area contributed by atoms with Crippen molar-refractivity contribution in [1.29, 1.82) is 0 Å². The molecule has 0 spiro atoms. The molecule has 4 heterocycles. The number of hydrogen-bond acceptors (Lipinski definition) is 5. The van der Waals surface area contributed by atoms with Gasteiger partial charge >= 0.3 is 6.18 Å².